The molecule has 0 aliphatic rings. The van der Waals surface area contributed by atoms with Crippen molar-refractivity contribution in [1.29, 1.82) is 0 Å². The maximum Gasteiger partial charge on any atom is 1.00 e. The molecule has 0 saturated carbocycles. The minimum atomic E-state index is -3.74. The van der Waals surface area contributed by atoms with Crippen LogP contribution in [0.3, 0.4) is 0 Å². The van der Waals surface area contributed by atoms with Crippen LogP contribution in [0.1, 0.15) is 6.42 Å². The molecule has 0 amide bonds. The smallest absolute Gasteiger partial charge is 0.342 e. The van der Waals surface area contributed by atoms with Gasteiger partial charge in [0.2, 0.25) is 0 Å². The van der Waals surface area contributed by atoms with Crippen molar-refractivity contribution in [1.82, 2.24) is 0 Å². The molecule has 0 aromatic heterocycles. The Labute approximate surface area is 94.2 Å². The summed E-state index contributed by atoms with van der Waals surface area (Å²) in [6.45, 7) is 3.23. The minimum absolute atomic E-state index is 0. The zero-order valence-corrected chi connectivity index (χ0v) is 10.3. The predicted molar refractivity (Wildman–Crippen MR) is 44.4 cm³/mol. The summed E-state index contributed by atoms with van der Waals surface area (Å²) in [4.78, 5) is 0. The molecule has 0 aromatic carbocycles. The molecule has 1 N–H and O–H groups in total. The van der Waals surface area contributed by atoms with Gasteiger partial charge in [0.05, 0.1) is 0 Å². The third kappa shape index (κ3) is 22.6. The van der Waals surface area contributed by atoms with Gasteiger partial charge in [0, 0.05) is 5.75 Å². The van der Waals surface area contributed by atoms with Crippen molar-refractivity contribution < 1.29 is 42.5 Å². The minimum Gasteiger partial charge on any atom is -0.342 e. The second kappa shape index (κ2) is 10.6. The predicted octanol–water partition coefficient (Wildman–Crippen LogP) is -2.14. The summed E-state index contributed by atoms with van der Waals surface area (Å²) in [6, 6.07) is 0. The fraction of sp³-hybridized carbons (Fsp3) is 0.667. The van der Waals surface area contributed by atoms with Crippen molar-refractivity contribution in [3.63, 3.8) is 0 Å². The summed E-state index contributed by atoms with van der Waals surface area (Å²) < 4.78 is 27.4. The van der Waals surface area contributed by atoms with Crippen LogP contribution in [0.5, 0.6) is 0 Å². The molecule has 0 spiro atoms. The van der Waals surface area contributed by atoms with E-state index in [-0.39, 0.29) is 41.7 Å². The average Bonchev–Trinajstić information content (AvgIpc) is 1.69. The van der Waals surface area contributed by atoms with Crippen LogP contribution in [0, 0.1) is 6.92 Å². The summed E-state index contributed by atoms with van der Waals surface area (Å²) in [6.07, 6.45) is 0.221. The van der Waals surface area contributed by atoms with Crippen molar-refractivity contribution >= 4 is 33.4 Å². The Hall–Kier alpha value is 1.61. The van der Waals surface area contributed by atoms with Crippen LogP contribution in [0.15, 0.2) is 0 Å². The van der Waals surface area contributed by atoms with E-state index in [1.54, 1.807) is 0 Å². The van der Waals surface area contributed by atoms with E-state index in [1.165, 1.54) is 0 Å². The molecule has 0 heterocycles. The van der Waals surface area contributed by atoms with Crippen LogP contribution in [-0.4, -0.2) is 18.7 Å². The molecule has 0 saturated heterocycles. The van der Waals surface area contributed by atoms with Gasteiger partial charge in [-0.2, -0.15) is 14.8 Å². The van der Waals surface area contributed by atoms with E-state index in [0.29, 0.717) is 0 Å². The maximum atomic E-state index is 9.75. The Morgan fingerprint density at radius 3 is 1.70 bits per heavy atom. The van der Waals surface area contributed by atoms with Crippen molar-refractivity contribution in [3.8, 4) is 0 Å². The van der Waals surface area contributed by atoms with Crippen LogP contribution in [-0.2, 0) is 10.1 Å². The molecule has 7 heteroatoms. The first kappa shape index (κ1) is 17.6. The van der Waals surface area contributed by atoms with Gasteiger partial charge in [0.15, 0.2) is 0 Å². The molecule has 10 heavy (non-hydrogen) atoms. The zero-order valence-electron chi connectivity index (χ0n) is 5.69. The molecule has 0 bridgehead atoms. The molecule has 58 valence electrons. The van der Waals surface area contributed by atoms with Crippen LogP contribution < -0.4 is 29.6 Å². The van der Waals surface area contributed by atoms with E-state index in [4.69, 9.17) is 4.55 Å². The molecule has 0 fully saturated rings. The van der Waals surface area contributed by atoms with E-state index in [1.807, 2.05) is 0 Å². The number of hydrogen-bond donors (Lipinski definition) is 3. The van der Waals surface area contributed by atoms with E-state index in [2.05, 4.69) is 30.2 Å². The molecule has 0 aliphatic carbocycles. The molecule has 0 radical (unpaired) electrons. The molecular weight excluding hydrogens is 203 g/mol. The summed E-state index contributed by atoms with van der Waals surface area (Å²) in [7, 11) is -3.74. The van der Waals surface area contributed by atoms with Gasteiger partial charge in [0.25, 0.3) is 10.1 Å². The topological polar surface area (TPSA) is 54.4 Å². The van der Waals surface area contributed by atoms with Gasteiger partial charge in [-0.25, -0.2) is 0 Å². The van der Waals surface area contributed by atoms with Crippen molar-refractivity contribution in [2.45, 2.75) is 6.42 Å². The molecule has 0 atom stereocenters. The number of rotatable bonds is 2. The Balaban J connectivity index is -0.000000149. The van der Waals surface area contributed by atoms with Gasteiger partial charge in [0.1, 0.15) is 0 Å². The first-order valence-electron chi connectivity index (χ1n) is 2.00. The second-order valence-electron chi connectivity index (χ2n) is 1.14. The standard InChI is InChI=1S/C3H7O3S.Na.H2S2/c1-2-3-7(4,5)6;;1-2/h1-3H2,(H,4,5,6);;1-2H/q-1;+1;. The Morgan fingerprint density at radius 2 is 1.70 bits per heavy atom. The van der Waals surface area contributed by atoms with E-state index in [9.17, 15) is 8.42 Å². The SMILES string of the molecule is SS.[CH2-]CCS(=O)(=O)O.[Na+]. The first-order valence-corrected chi connectivity index (χ1v) is 5.21. The van der Waals surface area contributed by atoms with Crippen LogP contribution in [0.2, 0.25) is 0 Å². The normalized spacial score (nSPS) is 8.80. The summed E-state index contributed by atoms with van der Waals surface area (Å²) in [5.74, 6) is -0.243. The van der Waals surface area contributed by atoms with Crippen molar-refractivity contribution in [3.05, 3.63) is 6.92 Å². The van der Waals surface area contributed by atoms with Crippen LogP contribution in [0.25, 0.3) is 0 Å². The van der Waals surface area contributed by atoms with Gasteiger partial charge in [-0.3, -0.25) is 4.55 Å². The van der Waals surface area contributed by atoms with Crippen LogP contribution in [0.4, 0.5) is 0 Å². The summed E-state index contributed by atoms with van der Waals surface area (Å²) in [5, 5.41) is 0. The van der Waals surface area contributed by atoms with Crippen LogP contribution >= 0.6 is 23.3 Å². The molecular formula is C3H9NaO3S3. The Morgan fingerprint density at radius 1 is 1.40 bits per heavy atom. The third-order valence-corrected chi connectivity index (χ3v) is 1.21. The van der Waals surface area contributed by atoms with Gasteiger partial charge in [-0.1, -0.05) is 0 Å². The monoisotopic (exact) mass is 212 g/mol. The van der Waals surface area contributed by atoms with E-state index < -0.39 is 10.1 Å². The van der Waals surface area contributed by atoms with Gasteiger partial charge < -0.3 is 6.92 Å². The third-order valence-electron chi connectivity index (χ3n) is 0.402. The molecule has 0 aromatic rings. The largest absolute Gasteiger partial charge is 1.00 e. The van der Waals surface area contributed by atoms with Crippen molar-refractivity contribution in [2.24, 2.45) is 0 Å². The fourth-order valence-electron chi connectivity index (χ4n) is 0.182. The maximum absolute atomic E-state index is 9.75. The molecule has 0 rings (SSSR count). The number of hydrogen-bond acceptors (Lipinski definition) is 4. The van der Waals surface area contributed by atoms with Crippen molar-refractivity contribution in [2.75, 3.05) is 5.75 Å². The fourth-order valence-corrected chi connectivity index (χ4v) is 0.547. The summed E-state index contributed by atoms with van der Waals surface area (Å²) >= 11 is 6.44. The second-order valence-corrected chi connectivity index (χ2v) is 2.71. The first-order chi connectivity index (χ1) is 4.06. The quantitative estimate of drug-likeness (QED) is 0.161. The van der Waals surface area contributed by atoms with Gasteiger partial charge in [-0.05, 0) is 0 Å². The Bertz CT molecular complexity index is 132. The van der Waals surface area contributed by atoms with Gasteiger partial charge in [-0.15, -0.1) is 23.3 Å². The molecule has 0 unspecified atom stereocenters. The average molecular weight is 212 g/mol. The molecule has 3 nitrogen and oxygen atoms in total. The van der Waals surface area contributed by atoms with E-state index >= 15 is 0 Å². The number of thiol groups is 2. The van der Waals surface area contributed by atoms with E-state index in [0.717, 1.165) is 0 Å². The Kier molecular flexibility index (Phi) is 18.7. The zero-order chi connectivity index (χ0) is 7.91. The summed E-state index contributed by atoms with van der Waals surface area (Å²) in [5.41, 5.74) is 0. The molecule has 0 aliphatic heterocycles. The van der Waals surface area contributed by atoms with Gasteiger partial charge >= 0.3 is 29.6 Å².